The molecule has 0 fully saturated rings. The van der Waals surface area contributed by atoms with Crippen LogP contribution in [0.15, 0.2) is 48.5 Å². The summed E-state index contributed by atoms with van der Waals surface area (Å²) in [6, 6.07) is 16.4. The van der Waals surface area contributed by atoms with Crippen molar-refractivity contribution in [2.45, 2.75) is 30.5 Å². The monoisotopic (exact) mass is 463 g/mol. The van der Waals surface area contributed by atoms with E-state index in [1.54, 1.807) is 24.3 Å². The third-order valence-corrected chi connectivity index (χ3v) is 5.19. The molecule has 6 heteroatoms. The van der Waals surface area contributed by atoms with Crippen molar-refractivity contribution in [2.75, 3.05) is 19.1 Å². The smallest absolute Gasteiger partial charge is 0.176 e. The quantitative estimate of drug-likeness (QED) is 0.227. The molecule has 4 nitrogen and oxygen atoms in total. The summed E-state index contributed by atoms with van der Waals surface area (Å²) in [4.78, 5) is 11.9. The maximum atomic E-state index is 12.2. The first-order chi connectivity index (χ1) is 13.6. The molecule has 0 aliphatic rings. The lowest BCUT2D eigenvalue weighted by molar-refractivity contribution is 0.0990. The lowest BCUT2D eigenvalue weighted by Gasteiger charge is -2.09. The minimum atomic E-state index is -0.247. The Balaban J connectivity index is 1.60. The molecule has 0 saturated carbocycles. The highest BCUT2D eigenvalue weighted by atomic mass is 79.9. The van der Waals surface area contributed by atoms with Gasteiger partial charge in [0.2, 0.25) is 0 Å². The number of halogens is 2. The van der Waals surface area contributed by atoms with E-state index in [1.807, 2.05) is 24.3 Å². The lowest BCUT2D eigenvalue weighted by atomic mass is 10.1. The Morgan fingerprint density at radius 2 is 1.50 bits per heavy atom. The SMILES string of the molecule is N#Cc1ccc(OCCCCCOc2ccc(C(=O)C(Br)CCCl)cc2)cc1. The van der Waals surface area contributed by atoms with E-state index in [2.05, 4.69) is 22.0 Å². The lowest BCUT2D eigenvalue weighted by Crippen LogP contribution is -2.14. The summed E-state index contributed by atoms with van der Waals surface area (Å²) in [7, 11) is 0. The summed E-state index contributed by atoms with van der Waals surface area (Å²) >= 11 is 9.04. The van der Waals surface area contributed by atoms with Crippen molar-refractivity contribution in [1.82, 2.24) is 0 Å². The summed E-state index contributed by atoms with van der Waals surface area (Å²) in [6.45, 7) is 1.26. The summed E-state index contributed by atoms with van der Waals surface area (Å²) in [5.74, 6) is 2.02. The van der Waals surface area contributed by atoms with Gasteiger partial charge in [-0.15, -0.1) is 11.6 Å². The van der Waals surface area contributed by atoms with Gasteiger partial charge in [0.1, 0.15) is 11.5 Å². The zero-order valence-electron chi connectivity index (χ0n) is 15.6. The van der Waals surface area contributed by atoms with Crippen molar-refractivity contribution >= 4 is 33.3 Å². The molecule has 0 bridgehead atoms. The average Bonchev–Trinajstić information content (AvgIpc) is 2.73. The highest BCUT2D eigenvalue weighted by molar-refractivity contribution is 9.10. The number of nitriles is 1. The number of nitrogens with zero attached hydrogens (tertiary/aromatic N) is 1. The predicted molar refractivity (Wildman–Crippen MR) is 115 cm³/mol. The van der Waals surface area contributed by atoms with Crippen molar-refractivity contribution < 1.29 is 14.3 Å². The molecule has 0 amide bonds. The molecule has 0 radical (unpaired) electrons. The third-order valence-electron chi connectivity index (χ3n) is 4.10. The average molecular weight is 465 g/mol. The first-order valence-corrected chi connectivity index (χ1v) is 10.7. The van der Waals surface area contributed by atoms with Crippen molar-refractivity contribution in [3.63, 3.8) is 0 Å². The van der Waals surface area contributed by atoms with E-state index in [-0.39, 0.29) is 10.6 Å². The zero-order valence-corrected chi connectivity index (χ0v) is 17.9. The summed E-state index contributed by atoms with van der Waals surface area (Å²) in [6.07, 6.45) is 3.46. The first-order valence-electron chi connectivity index (χ1n) is 9.24. The first kappa shape index (κ1) is 22.3. The van der Waals surface area contributed by atoms with Crippen LogP contribution in [0.2, 0.25) is 0 Å². The van der Waals surface area contributed by atoms with Crippen LogP contribution in [0.4, 0.5) is 0 Å². The second-order valence-electron chi connectivity index (χ2n) is 6.23. The summed E-state index contributed by atoms with van der Waals surface area (Å²) in [5, 5.41) is 8.76. The standard InChI is InChI=1S/C22H23BrClNO3/c23-21(12-13-24)22(26)18-6-10-20(11-7-18)28-15-3-1-2-14-27-19-8-4-17(16-25)5-9-19/h4-11,21H,1-3,12-15H2. The molecule has 0 aromatic heterocycles. The van der Waals surface area contributed by atoms with E-state index >= 15 is 0 Å². The van der Waals surface area contributed by atoms with E-state index in [0.29, 0.717) is 36.6 Å². The molecule has 2 aromatic rings. The highest BCUT2D eigenvalue weighted by Crippen LogP contribution is 2.18. The van der Waals surface area contributed by atoms with Gasteiger partial charge in [0.15, 0.2) is 5.78 Å². The van der Waals surface area contributed by atoms with Gasteiger partial charge in [-0.1, -0.05) is 15.9 Å². The third kappa shape index (κ3) is 7.53. The number of hydrogen-bond donors (Lipinski definition) is 0. The Kier molecular flexibility index (Phi) is 9.88. The fraction of sp³-hybridized carbons (Fsp3) is 0.364. The summed E-state index contributed by atoms with van der Waals surface area (Å²) < 4.78 is 11.4. The molecule has 28 heavy (non-hydrogen) atoms. The molecular formula is C22H23BrClNO3. The molecule has 1 atom stereocenters. The molecule has 148 valence electrons. The molecule has 1 unspecified atom stereocenters. The van der Waals surface area contributed by atoms with Crippen LogP contribution >= 0.6 is 27.5 Å². The van der Waals surface area contributed by atoms with Gasteiger partial charge >= 0.3 is 0 Å². The van der Waals surface area contributed by atoms with Crippen LogP contribution in [0.3, 0.4) is 0 Å². The highest BCUT2D eigenvalue weighted by Gasteiger charge is 2.16. The number of hydrogen-bond acceptors (Lipinski definition) is 4. The molecule has 0 N–H and O–H groups in total. The van der Waals surface area contributed by atoms with Crippen molar-refractivity contribution in [3.05, 3.63) is 59.7 Å². The molecule has 0 spiro atoms. The Bertz CT molecular complexity index is 772. The number of benzene rings is 2. The van der Waals surface area contributed by atoms with Crippen molar-refractivity contribution in [2.24, 2.45) is 0 Å². The maximum absolute atomic E-state index is 12.2. The minimum absolute atomic E-state index is 0.0365. The van der Waals surface area contributed by atoms with Crippen LogP contribution < -0.4 is 9.47 Å². The van der Waals surface area contributed by atoms with Crippen molar-refractivity contribution in [3.8, 4) is 17.6 Å². The molecule has 0 saturated heterocycles. The van der Waals surface area contributed by atoms with Gasteiger partial charge < -0.3 is 9.47 Å². The number of carbonyl (C=O) groups excluding carboxylic acids is 1. The molecule has 2 rings (SSSR count). The van der Waals surface area contributed by atoms with Gasteiger partial charge in [0.05, 0.1) is 29.7 Å². The predicted octanol–water partition coefficient (Wildman–Crippen LogP) is 5.76. The Hall–Kier alpha value is -2.03. The maximum Gasteiger partial charge on any atom is 0.176 e. The normalized spacial score (nSPS) is 11.5. The zero-order chi connectivity index (χ0) is 20.2. The van der Waals surface area contributed by atoms with Crippen LogP contribution in [-0.4, -0.2) is 29.7 Å². The van der Waals surface area contributed by atoms with Crippen LogP contribution in [0.25, 0.3) is 0 Å². The van der Waals surface area contributed by atoms with Crippen molar-refractivity contribution in [1.29, 1.82) is 5.26 Å². The number of Topliss-reactive ketones (excluding diaryl/α,β-unsaturated/α-hetero) is 1. The van der Waals surface area contributed by atoms with Gasteiger partial charge in [0, 0.05) is 11.4 Å². The van der Waals surface area contributed by atoms with E-state index in [9.17, 15) is 4.79 Å². The Morgan fingerprint density at radius 3 is 2.00 bits per heavy atom. The number of carbonyl (C=O) groups is 1. The van der Waals surface area contributed by atoms with Gasteiger partial charge in [-0.3, -0.25) is 4.79 Å². The van der Waals surface area contributed by atoms with Gasteiger partial charge in [0.25, 0.3) is 0 Å². The second kappa shape index (κ2) is 12.4. The largest absolute Gasteiger partial charge is 0.494 e. The fourth-order valence-corrected chi connectivity index (χ4v) is 3.48. The molecule has 0 heterocycles. The number of ether oxygens (including phenoxy) is 2. The Morgan fingerprint density at radius 1 is 0.964 bits per heavy atom. The van der Waals surface area contributed by atoms with E-state index in [1.165, 1.54) is 0 Å². The molecule has 0 aliphatic heterocycles. The minimum Gasteiger partial charge on any atom is -0.494 e. The van der Waals surface area contributed by atoms with Crippen LogP contribution in [-0.2, 0) is 0 Å². The topological polar surface area (TPSA) is 59.3 Å². The van der Waals surface area contributed by atoms with Crippen LogP contribution in [0.5, 0.6) is 11.5 Å². The van der Waals surface area contributed by atoms with Crippen LogP contribution in [0, 0.1) is 11.3 Å². The van der Waals surface area contributed by atoms with Gasteiger partial charge in [-0.25, -0.2) is 0 Å². The molecule has 2 aromatic carbocycles. The van der Waals surface area contributed by atoms with Gasteiger partial charge in [-0.2, -0.15) is 5.26 Å². The number of ketones is 1. The van der Waals surface area contributed by atoms with E-state index < -0.39 is 0 Å². The van der Waals surface area contributed by atoms with E-state index in [4.69, 9.17) is 26.3 Å². The van der Waals surface area contributed by atoms with Gasteiger partial charge in [-0.05, 0) is 74.2 Å². The second-order valence-corrected chi connectivity index (χ2v) is 7.71. The Labute approximate surface area is 179 Å². The van der Waals surface area contributed by atoms with E-state index in [0.717, 1.165) is 30.8 Å². The summed E-state index contributed by atoms with van der Waals surface area (Å²) in [5.41, 5.74) is 1.28. The number of rotatable bonds is 12. The van der Waals surface area contributed by atoms with Crippen LogP contribution in [0.1, 0.15) is 41.6 Å². The number of unbranched alkanes of at least 4 members (excludes halogenated alkanes) is 2. The fourth-order valence-electron chi connectivity index (χ4n) is 2.51. The molecular weight excluding hydrogens is 442 g/mol. The number of alkyl halides is 2. The molecule has 0 aliphatic carbocycles.